The maximum Gasteiger partial charge on any atom is 0.485 e. The Kier molecular flexibility index (Phi) is 4.44. The highest BCUT2D eigenvalue weighted by Crippen LogP contribution is 2.28. The third-order valence-electron chi connectivity index (χ3n) is 3.24. The second-order valence-electron chi connectivity index (χ2n) is 4.57. The molecule has 0 aliphatic carbocycles. The lowest BCUT2D eigenvalue weighted by Crippen LogP contribution is -2.54. The highest BCUT2D eigenvalue weighted by molar-refractivity contribution is 5.75. The number of alkyl halides is 3. The van der Waals surface area contributed by atoms with Gasteiger partial charge in [0.2, 0.25) is 0 Å². The molecule has 1 N–H and O–H groups in total. The Morgan fingerprint density at radius 1 is 1.19 bits per heavy atom. The Hall–Kier alpha value is -2.12. The SMILES string of the molecule is COc1ccccc1N1CCN(C(=O)NC(F)(F)F)CC1. The summed E-state index contributed by atoms with van der Waals surface area (Å²) >= 11 is 0. The smallest absolute Gasteiger partial charge is 0.485 e. The minimum absolute atomic E-state index is 0.222. The van der Waals surface area contributed by atoms with E-state index in [9.17, 15) is 18.0 Å². The maximum atomic E-state index is 12.1. The van der Waals surface area contributed by atoms with Crippen molar-refractivity contribution in [1.29, 1.82) is 0 Å². The molecule has 21 heavy (non-hydrogen) atoms. The molecule has 5 nitrogen and oxygen atoms in total. The van der Waals surface area contributed by atoms with Crippen molar-refractivity contribution < 1.29 is 22.7 Å². The monoisotopic (exact) mass is 303 g/mol. The van der Waals surface area contributed by atoms with Gasteiger partial charge in [-0.25, -0.2) is 10.1 Å². The zero-order valence-electron chi connectivity index (χ0n) is 11.5. The molecule has 0 radical (unpaired) electrons. The summed E-state index contributed by atoms with van der Waals surface area (Å²) in [6.45, 7) is 1.34. The van der Waals surface area contributed by atoms with Gasteiger partial charge in [-0.2, -0.15) is 13.2 Å². The second-order valence-corrected chi connectivity index (χ2v) is 4.57. The van der Waals surface area contributed by atoms with Crippen LogP contribution >= 0.6 is 0 Å². The van der Waals surface area contributed by atoms with Crippen molar-refractivity contribution in [2.45, 2.75) is 6.30 Å². The summed E-state index contributed by atoms with van der Waals surface area (Å²) in [6.07, 6.45) is -4.70. The number of carbonyl (C=O) groups is 1. The number of hydrogen-bond donors (Lipinski definition) is 1. The van der Waals surface area contributed by atoms with Gasteiger partial charge in [-0.1, -0.05) is 12.1 Å². The van der Waals surface area contributed by atoms with E-state index < -0.39 is 12.3 Å². The van der Waals surface area contributed by atoms with Crippen LogP contribution < -0.4 is 15.0 Å². The summed E-state index contributed by atoms with van der Waals surface area (Å²) < 4.78 is 41.6. The molecule has 0 aromatic heterocycles. The molecule has 1 aromatic rings. The van der Waals surface area contributed by atoms with E-state index in [1.54, 1.807) is 7.11 Å². The maximum absolute atomic E-state index is 12.1. The van der Waals surface area contributed by atoms with Gasteiger partial charge in [0.15, 0.2) is 0 Å². The predicted molar refractivity (Wildman–Crippen MR) is 71.4 cm³/mol. The standard InChI is InChI=1S/C13H16F3N3O2/c1-21-11-5-3-2-4-10(11)18-6-8-19(9-7-18)12(20)17-13(14,15)16/h2-5H,6-9H2,1H3,(H,17,20). The van der Waals surface area contributed by atoms with E-state index in [2.05, 4.69) is 0 Å². The first-order valence-corrected chi connectivity index (χ1v) is 6.42. The van der Waals surface area contributed by atoms with Crippen LogP contribution in [-0.4, -0.2) is 50.5 Å². The van der Waals surface area contributed by atoms with Gasteiger partial charge in [0.05, 0.1) is 12.8 Å². The van der Waals surface area contributed by atoms with Gasteiger partial charge in [-0.05, 0) is 12.1 Å². The van der Waals surface area contributed by atoms with Gasteiger partial charge in [-0.15, -0.1) is 0 Å². The van der Waals surface area contributed by atoms with Crippen LogP contribution in [0.1, 0.15) is 0 Å². The molecule has 116 valence electrons. The van der Waals surface area contributed by atoms with Crippen molar-refractivity contribution in [2.75, 3.05) is 38.2 Å². The number of carbonyl (C=O) groups excluding carboxylic acids is 1. The Balaban J connectivity index is 1.96. The Morgan fingerprint density at radius 3 is 2.38 bits per heavy atom. The molecule has 0 unspecified atom stereocenters. The number of piperazine rings is 1. The summed E-state index contributed by atoms with van der Waals surface area (Å²) in [5, 5.41) is 1.01. The van der Waals surface area contributed by atoms with Gasteiger partial charge >= 0.3 is 12.3 Å². The molecular formula is C13H16F3N3O2. The zero-order chi connectivity index (χ0) is 15.5. The zero-order valence-corrected chi connectivity index (χ0v) is 11.5. The highest BCUT2D eigenvalue weighted by atomic mass is 19.4. The number of amides is 2. The number of nitrogens with one attached hydrogen (secondary N) is 1. The Bertz CT molecular complexity index is 500. The number of methoxy groups -OCH3 is 1. The van der Waals surface area contributed by atoms with Crippen molar-refractivity contribution in [3.63, 3.8) is 0 Å². The number of urea groups is 1. The van der Waals surface area contributed by atoms with Gasteiger partial charge in [0.25, 0.3) is 0 Å². The summed E-state index contributed by atoms with van der Waals surface area (Å²) in [5.74, 6) is 0.700. The van der Waals surface area contributed by atoms with E-state index in [-0.39, 0.29) is 13.1 Å². The first-order chi connectivity index (χ1) is 9.90. The lowest BCUT2D eigenvalue weighted by Gasteiger charge is -2.36. The van der Waals surface area contributed by atoms with Crippen LogP contribution in [0.4, 0.5) is 23.7 Å². The van der Waals surface area contributed by atoms with E-state index in [0.717, 1.165) is 15.9 Å². The number of benzene rings is 1. The fraction of sp³-hybridized carbons (Fsp3) is 0.462. The van der Waals surface area contributed by atoms with E-state index in [4.69, 9.17) is 4.74 Å². The molecule has 0 atom stereocenters. The van der Waals surface area contributed by atoms with Crippen LogP contribution in [-0.2, 0) is 0 Å². The number of para-hydroxylation sites is 2. The van der Waals surface area contributed by atoms with Crippen LogP contribution in [0.5, 0.6) is 5.75 Å². The van der Waals surface area contributed by atoms with Crippen molar-refractivity contribution >= 4 is 11.7 Å². The van der Waals surface area contributed by atoms with Crippen molar-refractivity contribution in [2.24, 2.45) is 0 Å². The van der Waals surface area contributed by atoms with Crippen molar-refractivity contribution in [3.8, 4) is 5.75 Å². The van der Waals surface area contributed by atoms with Crippen molar-refractivity contribution in [1.82, 2.24) is 10.2 Å². The van der Waals surface area contributed by atoms with E-state index in [1.807, 2.05) is 29.2 Å². The molecule has 1 aliphatic rings. The van der Waals surface area contributed by atoms with E-state index in [1.165, 1.54) is 0 Å². The molecule has 0 saturated carbocycles. The number of nitrogens with zero attached hydrogens (tertiary/aromatic N) is 2. The Morgan fingerprint density at radius 2 is 1.81 bits per heavy atom. The first kappa shape index (κ1) is 15.3. The molecule has 1 heterocycles. The lowest BCUT2D eigenvalue weighted by molar-refractivity contribution is -0.147. The highest BCUT2D eigenvalue weighted by Gasteiger charge is 2.33. The quantitative estimate of drug-likeness (QED) is 0.851. The number of halogens is 3. The minimum Gasteiger partial charge on any atom is -0.495 e. The predicted octanol–water partition coefficient (Wildman–Crippen LogP) is 2.05. The molecule has 0 bridgehead atoms. The lowest BCUT2D eigenvalue weighted by atomic mass is 10.2. The number of ether oxygens (including phenoxy) is 1. The van der Waals surface area contributed by atoms with E-state index in [0.29, 0.717) is 18.8 Å². The molecule has 2 rings (SSSR count). The first-order valence-electron chi connectivity index (χ1n) is 6.42. The summed E-state index contributed by atoms with van der Waals surface area (Å²) in [5.41, 5.74) is 0.871. The van der Waals surface area contributed by atoms with E-state index >= 15 is 0 Å². The fourth-order valence-electron chi connectivity index (χ4n) is 2.24. The third-order valence-corrected chi connectivity index (χ3v) is 3.24. The van der Waals surface area contributed by atoms with Crippen LogP contribution in [0.2, 0.25) is 0 Å². The molecule has 0 spiro atoms. The largest absolute Gasteiger partial charge is 0.495 e. The molecule has 8 heteroatoms. The van der Waals surface area contributed by atoms with Gasteiger partial charge in [-0.3, -0.25) is 0 Å². The molecule has 1 fully saturated rings. The summed E-state index contributed by atoms with van der Waals surface area (Å²) in [7, 11) is 1.56. The topological polar surface area (TPSA) is 44.8 Å². The number of anilines is 1. The normalized spacial score (nSPS) is 15.8. The minimum atomic E-state index is -4.70. The van der Waals surface area contributed by atoms with Crippen LogP contribution in [0.25, 0.3) is 0 Å². The van der Waals surface area contributed by atoms with Gasteiger partial charge in [0.1, 0.15) is 5.75 Å². The summed E-state index contributed by atoms with van der Waals surface area (Å²) in [6, 6.07) is 6.29. The van der Waals surface area contributed by atoms with Crippen molar-refractivity contribution in [3.05, 3.63) is 24.3 Å². The molecule has 1 aliphatic heterocycles. The molecule has 1 saturated heterocycles. The average Bonchev–Trinajstić information content (AvgIpc) is 2.45. The fourth-order valence-corrected chi connectivity index (χ4v) is 2.24. The Labute approximate surface area is 120 Å². The molecular weight excluding hydrogens is 287 g/mol. The second kappa shape index (κ2) is 6.11. The van der Waals surface area contributed by atoms with Crippen LogP contribution in [0.3, 0.4) is 0 Å². The third kappa shape index (κ3) is 3.93. The van der Waals surface area contributed by atoms with Crippen LogP contribution in [0.15, 0.2) is 24.3 Å². The number of rotatable bonds is 2. The van der Waals surface area contributed by atoms with Crippen LogP contribution in [0, 0.1) is 0 Å². The molecule has 2 amide bonds. The molecule has 1 aromatic carbocycles. The number of hydrogen-bond acceptors (Lipinski definition) is 3. The average molecular weight is 303 g/mol. The van der Waals surface area contributed by atoms with Gasteiger partial charge < -0.3 is 14.5 Å². The van der Waals surface area contributed by atoms with Gasteiger partial charge in [0, 0.05) is 26.2 Å². The summed E-state index contributed by atoms with van der Waals surface area (Å²) in [4.78, 5) is 14.6.